The van der Waals surface area contributed by atoms with Gasteiger partial charge in [0.1, 0.15) is 0 Å². The van der Waals surface area contributed by atoms with Gasteiger partial charge in [0, 0.05) is 11.1 Å². The zero-order valence-electron chi connectivity index (χ0n) is 12.9. The van der Waals surface area contributed by atoms with Crippen molar-refractivity contribution in [1.29, 1.82) is 0 Å². The lowest BCUT2D eigenvalue weighted by molar-refractivity contribution is -0.120. The number of amides is 1. The van der Waals surface area contributed by atoms with E-state index in [9.17, 15) is 4.79 Å². The molecule has 0 unspecified atom stereocenters. The molecular weight excluding hydrogens is 226 g/mol. The van der Waals surface area contributed by atoms with Gasteiger partial charge in [0.2, 0.25) is 5.91 Å². The van der Waals surface area contributed by atoms with Crippen LogP contribution in [0.15, 0.2) is 0 Å². The molecule has 0 rings (SSSR count). The van der Waals surface area contributed by atoms with Crippen LogP contribution in [-0.4, -0.2) is 29.6 Å². The summed E-state index contributed by atoms with van der Waals surface area (Å²) in [5, 5.41) is 6.70. The fraction of sp³-hybridized carbons (Fsp3) is 0.929. The Labute approximate surface area is 112 Å². The summed E-state index contributed by atoms with van der Waals surface area (Å²) in [7, 11) is 0. The molecule has 0 spiro atoms. The first-order valence-corrected chi connectivity index (χ1v) is 6.83. The molecule has 0 bridgehead atoms. The zero-order valence-corrected chi connectivity index (χ0v) is 12.9. The Bertz CT molecular complexity index is 251. The number of rotatable bonds is 7. The Morgan fingerprint density at radius 2 is 1.61 bits per heavy atom. The first-order chi connectivity index (χ1) is 8.01. The maximum absolute atomic E-state index is 11.3. The van der Waals surface area contributed by atoms with Gasteiger partial charge in [-0.1, -0.05) is 6.42 Å². The first kappa shape index (κ1) is 17.4. The van der Waals surface area contributed by atoms with Crippen molar-refractivity contribution in [1.82, 2.24) is 10.6 Å². The molecule has 4 nitrogen and oxygen atoms in total. The number of nitrogens with one attached hydrogen (secondary N) is 2. The molecule has 0 aromatic carbocycles. The minimum absolute atomic E-state index is 0.0800. The molecule has 1 atom stereocenters. The summed E-state index contributed by atoms with van der Waals surface area (Å²) in [5.41, 5.74) is 5.49. The molecule has 0 aromatic rings. The summed E-state index contributed by atoms with van der Waals surface area (Å²) in [6.45, 7) is 13.6. The number of carbonyl (C=O) groups is 1. The molecular formula is C14H31N3O. The van der Waals surface area contributed by atoms with Gasteiger partial charge in [-0.25, -0.2) is 0 Å². The minimum Gasteiger partial charge on any atom is -0.368 e. The zero-order chi connectivity index (χ0) is 14.4. The second-order valence-electron chi connectivity index (χ2n) is 7.02. The van der Waals surface area contributed by atoms with Crippen LogP contribution in [-0.2, 0) is 4.79 Å². The van der Waals surface area contributed by atoms with Crippen LogP contribution in [0, 0.1) is 0 Å². The maximum Gasteiger partial charge on any atom is 0.234 e. The second kappa shape index (κ2) is 7.10. The molecule has 0 saturated heterocycles. The highest BCUT2D eigenvalue weighted by Gasteiger charge is 2.21. The lowest BCUT2D eigenvalue weighted by Crippen LogP contribution is -2.50. The van der Waals surface area contributed by atoms with Crippen molar-refractivity contribution in [3.63, 3.8) is 0 Å². The van der Waals surface area contributed by atoms with Crippen molar-refractivity contribution < 1.29 is 4.79 Å². The van der Waals surface area contributed by atoms with E-state index in [1.54, 1.807) is 0 Å². The largest absolute Gasteiger partial charge is 0.368 e. The Morgan fingerprint density at radius 3 is 2.00 bits per heavy atom. The second-order valence-corrected chi connectivity index (χ2v) is 7.02. The van der Waals surface area contributed by atoms with Crippen LogP contribution in [0.25, 0.3) is 0 Å². The maximum atomic E-state index is 11.3. The third-order valence-electron chi connectivity index (χ3n) is 2.53. The highest BCUT2D eigenvalue weighted by molar-refractivity contribution is 5.79. The van der Waals surface area contributed by atoms with Crippen molar-refractivity contribution >= 4 is 5.91 Å². The fourth-order valence-corrected chi connectivity index (χ4v) is 1.75. The van der Waals surface area contributed by atoms with E-state index in [0.717, 1.165) is 25.8 Å². The molecule has 108 valence electrons. The van der Waals surface area contributed by atoms with Gasteiger partial charge >= 0.3 is 0 Å². The normalized spacial score (nSPS) is 14.6. The standard InChI is InChI=1S/C14H31N3O/c1-13(2,3)16-10-8-7-9-11(12(15)18)17-14(4,5)6/h11,16-17H,7-10H2,1-6H3,(H2,15,18)/t11-/m0/s1. The molecule has 0 aliphatic heterocycles. The molecule has 4 N–H and O–H groups in total. The molecule has 1 amide bonds. The number of nitrogens with two attached hydrogens (primary N) is 1. The summed E-state index contributed by atoms with van der Waals surface area (Å²) in [4.78, 5) is 11.3. The van der Waals surface area contributed by atoms with Crippen molar-refractivity contribution in [3.05, 3.63) is 0 Å². The van der Waals surface area contributed by atoms with E-state index < -0.39 is 0 Å². The van der Waals surface area contributed by atoms with Crippen molar-refractivity contribution in [2.75, 3.05) is 6.54 Å². The van der Waals surface area contributed by atoms with Gasteiger partial charge in [-0.2, -0.15) is 0 Å². The Balaban J connectivity index is 3.89. The van der Waals surface area contributed by atoms with E-state index >= 15 is 0 Å². The summed E-state index contributed by atoms with van der Waals surface area (Å²) in [5.74, 6) is -0.256. The van der Waals surface area contributed by atoms with Crippen LogP contribution in [0.3, 0.4) is 0 Å². The quantitative estimate of drug-likeness (QED) is 0.609. The topological polar surface area (TPSA) is 67.2 Å². The highest BCUT2D eigenvalue weighted by Crippen LogP contribution is 2.07. The van der Waals surface area contributed by atoms with Crippen LogP contribution in [0.1, 0.15) is 60.8 Å². The number of carbonyl (C=O) groups excluding carboxylic acids is 1. The van der Waals surface area contributed by atoms with E-state index in [4.69, 9.17) is 5.73 Å². The van der Waals surface area contributed by atoms with Crippen LogP contribution in [0.5, 0.6) is 0 Å². The number of hydrogen-bond acceptors (Lipinski definition) is 3. The summed E-state index contributed by atoms with van der Waals surface area (Å²) in [6, 6.07) is -0.223. The molecule has 0 radical (unpaired) electrons. The van der Waals surface area contributed by atoms with Gasteiger partial charge in [-0.3, -0.25) is 4.79 Å². The van der Waals surface area contributed by atoms with E-state index in [-0.39, 0.29) is 23.0 Å². The molecule has 0 aliphatic carbocycles. The van der Waals surface area contributed by atoms with Crippen LogP contribution in [0.4, 0.5) is 0 Å². The average Bonchev–Trinajstić information content (AvgIpc) is 2.11. The molecule has 0 aliphatic rings. The smallest absolute Gasteiger partial charge is 0.234 e. The SMILES string of the molecule is CC(C)(C)NCCCC[C@H](NC(C)(C)C)C(N)=O. The van der Waals surface area contributed by atoms with Gasteiger partial charge < -0.3 is 16.4 Å². The monoisotopic (exact) mass is 257 g/mol. The predicted molar refractivity (Wildman–Crippen MR) is 77.5 cm³/mol. The van der Waals surface area contributed by atoms with E-state index in [1.165, 1.54) is 0 Å². The first-order valence-electron chi connectivity index (χ1n) is 6.83. The Hall–Kier alpha value is -0.610. The summed E-state index contributed by atoms with van der Waals surface area (Å²) in [6.07, 6.45) is 2.87. The van der Waals surface area contributed by atoms with E-state index in [2.05, 4.69) is 31.4 Å². The van der Waals surface area contributed by atoms with Crippen LogP contribution >= 0.6 is 0 Å². The summed E-state index contributed by atoms with van der Waals surface area (Å²) < 4.78 is 0. The Morgan fingerprint density at radius 1 is 1.06 bits per heavy atom. The molecule has 4 heteroatoms. The average molecular weight is 257 g/mol. The molecule has 0 saturated carbocycles. The van der Waals surface area contributed by atoms with Crippen molar-refractivity contribution in [3.8, 4) is 0 Å². The summed E-state index contributed by atoms with van der Waals surface area (Å²) >= 11 is 0. The number of primary amides is 1. The molecule has 0 fully saturated rings. The van der Waals surface area contributed by atoms with Gasteiger partial charge in [0.05, 0.1) is 6.04 Å². The van der Waals surface area contributed by atoms with Gasteiger partial charge in [0.15, 0.2) is 0 Å². The van der Waals surface area contributed by atoms with Crippen LogP contribution in [0.2, 0.25) is 0 Å². The van der Waals surface area contributed by atoms with Crippen molar-refractivity contribution in [2.45, 2.75) is 77.9 Å². The van der Waals surface area contributed by atoms with E-state index in [0.29, 0.717) is 0 Å². The predicted octanol–water partition coefficient (Wildman–Crippen LogP) is 1.79. The van der Waals surface area contributed by atoms with Gasteiger partial charge in [-0.05, 0) is 60.9 Å². The number of unbranched alkanes of at least 4 members (excludes halogenated alkanes) is 1. The van der Waals surface area contributed by atoms with Crippen LogP contribution < -0.4 is 16.4 Å². The molecule has 0 aromatic heterocycles. The lowest BCUT2D eigenvalue weighted by atomic mass is 10.0. The Kier molecular flexibility index (Phi) is 6.86. The third kappa shape index (κ3) is 10.5. The fourth-order valence-electron chi connectivity index (χ4n) is 1.75. The third-order valence-corrected chi connectivity index (χ3v) is 2.53. The van der Waals surface area contributed by atoms with Gasteiger partial charge in [-0.15, -0.1) is 0 Å². The van der Waals surface area contributed by atoms with E-state index in [1.807, 2.05) is 20.8 Å². The molecule has 18 heavy (non-hydrogen) atoms. The minimum atomic E-state index is -0.256. The highest BCUT2D eigenvalue weighted by atomic mass is 16.1. The van der Waals surface area contributed by atoms with Crippen molar-refractivity contribution in [2.24, 2.45) is 5.73 Å². The van der Waals surface area contributed by atoms with Gasteiger partial charge in [0.25, 0.3) is 0 Å². The molecule has 0 heterocycles. The lowest BCUT2D eigenvalue weighted by Gasteiger charge is -2.27. The number of hydrogen-bond donors (Lipinski definition) is 3.